The van der Waals surface area contributed by atoms with Gasteiger partial charge in [0.15, 0.2) is 0 Å². The minimum absolute atomic E-state index is 0.223. The summed E-state index contributed by atoms with van der Waals surface area (Å²) in [7, 11) is 1.90. The molecule has 1 aromatic rings. The Bertz CT molecular complexity index is 465. The molecule has 0 heterocycles. The molecule has 0 saturated heterocycles. The molecule has 1 aromatic carbocycles. The summed E-state index contributed by atoms with van der Waals surface area (Å²) >= 11 is 0. The molecular weight excluding hydrogens is 277 g/mol. The summed E-state index contributed by atoms with van der Waals surface area (Å²) in [6, 6.07) is 4.99. The maximum Gasteiger partial charge on any atom is 0.416 e. The zero-order valence-electron chi connectivity index (χ0n) is 12.4. The Hall–Kier alpha value is -1.23. The van der Waals surface area contributed by atoms with E-state index in [1.807, 2.05) is 11.9 Å². The number of benzene rings is 1. The van der Waals surface area contributed by atoms with Gasteiger partial charge in [-0.05, 0) is 43.5 Å². The van der Waals surface area contributed by atoms with Gasteiger partial charge in [-0.1, -0.05) is 25.3 Å². The van der Waals surface area contributed by atoms with Crippen molar-refractivity contribution in [1.82, 2.24) is 0 Å². The highest BCUT2D eigenvalue weighted by Gasteiger charge is 2.34. The van der Waals surface area contributed by atoms with E-state index in [-0.39, 0.29) is 18.5 Å². The normalized spacial score (nSPS) is 17.0. The lowest BCUT2D eigenvalue weighted by Gasteiger charge is -2.33. The van der Waals surface area contributed by atoms with Crippen molar-refractivity contribution in [3.8, 4) is 0 Å². The van der Waals surface area contributed by atoms with E-state index < -0.39 is 11.7 Å². The highest BCUT2D eigenvalue weighted by Crippen LogP contribution is 2.36. The molecule has 0 amide bonds. The topological polar surface area (TPSA) is 29.3 Å². The molecule has 0 atom stereocenters. The summed E-state index contributed by atoms with van der Waals surface area (Å²) in [6.45, 7) is 0.223. The molecule has 1 saturated carbocycles. The van der Waals surface area contributed by atoms with E-state index in [9.17, 15) is 13.2 Å². The quantitative estimate of drug-likeness (QED) is 0.911. The van der Waals surface area contributed by atoms with Crippen LogP contribution in [-0.2, 0) is 12.6 Å². The van der Waals surface area contributed by atoms with Crippen molar-refractivity contribution in [2.45, 2.75) is 50.7 Å². The monoisotopic (exact) mass is 300 g/mol. The standard InChI is InChI=1S/C16H23F3N2/c1-21(13-5-3-2-4-6-13)14-8-7-12(9-10-20)15(11-14)16(17,18)19/h7-8,11,13H,2-6,9-10,20H2,1H3. The second-order valence-electron chi connectivity index (χ2n) is 5.78. The predicted molar refractivity (Wildman–Crippen MR) is 79.5 cm³/mol. The maximum absolute atomic E-state index is 13.2. The number of hydrogen-bond donors (Lipinski definition) is 1. The number of hydrogen-bond acceptors (Lipinski definition) is 2. The van der Waals surface area contributed by atoms with Crippen LogP contribution in [-0.4, -0.2) is 19.6 Å². The SMILES string of the molecule is CN(c1ccc(CCN)c(C(F)(F)F)c1)C1CCCCC1. The lowest BCUT2D eigenvalue weighted by Crippen LogP contribution is -2.33. The molecule has 5 heteroatoms. The third-order valence-electron chi connectivity index (χ3n) is 4.34. The first kappa shape index (κ1) is 16.1. The van der Waals surface area contributed by atoms with Crippen LogP contribution in [0.2, 0.25) is 0 Å². The fourth-order valence-electron chi connectivity index (χ4n) is 3.10. The first-order chi connectivity index (χ1) is 9.93. The molecule has 0 aromatic heterocycles. The number of anilines is 1. The van der Waals surface area contributed by atoms with Crippen LogP contribution >= 0.6 is 0 Å². The minimum Gasteiger partial charge on any atom is -0.372 e. The van der Waals surface area contributed by atoms with Gasteiger partial charge in [0.2, 0.25) is 0 Å². The summed E-state index contributed by atoms with van der Waals surface area (Å²) < 4.78 is 39.6. The lowest BCUT2D eigenvalue weighted by atomic mass is 9.93. The molecule has 1 aliphatic rings. The molecule has 21 heavy (non-hydrogen) atoms. The van der Waals surface area contributed by atoms with Crippen LogP contribution in [0.15, 0.2) is 18.2 Å². The Balaban J connectivity index is 2.27. The van der Waals surface area contributed by atoms with Crippen molar-refractivity contribution in [2.24, 2.45) is 5.73 Å². The molecule has 0 aliphatic heterocycles. The molecular formula is C16H23F3N2. The van der Waals surface area contributed by atoms with Crippen molar-refractivity contribution < 1.29 is 13.2 Å². The summed E-state index contributed by atoms with van der Waals surface area (Å²) in [5.41, 5.74) is 5.79. The van der Waals surface area contributed by atoms with Gasteiger partial charge >= 0.3 is 6.18 Å². The van der Waals surface area contributed by atoms with Gasteiger partial charge in [-0.2, -0.15) is 13.2 Å². The minimum atomic E-state index is -4.33. The lowest BCUT2D eigenvalue weighted by molar-refractivity contribution is -0.138. The highest BCUT2D eigenvalue weighted by atomic mass is 19.4. The first-order valence-electron chi connectivity index (χ1n) is 7.56. The number of nitrogens with two attached hydrogens (primary N) is 1. The maximum atomic E-state index is 13.2. The molecule has 2 N–H and O–H groups in total. The van der Waals surface area contributed by atoms with E-state index in [0.29, 0.717) is 11.7 Å². The van der Waals surface area contributed by atoms with E-state index in [1.54, 1.807) is 12.1 Å². The van der Waals surface area contributed by atoms with Gasteiger partial charge in [-0.3, -0.25) is 0 Å². The van der Waals surface area contributed by atoms with E-state index >= 15 is 0 Å². The Morgan fingerprint density at radius 3 is 2.43 bits per heavy atom. The molecule has 0 spiro atoms. The highest BCUT2D eigenvalue weighted by molar-refractivity contribution is 5.52. The van der Waals surface area contributed by atoms with E-state index in [4.69, 9.17) is 5.73 Å². The second kappa shape index (κ2) is 6.69. The van der Waals surface area contributed by atoms with Crippen LogP contribution in [0.4, 0.5) is 18.9 Å². The number of halogens is 3. The van der Waals surface area contributed by atoms with Crippen LogP contribution in [0.1, 0.15) is 43.2 Å². The summed E-state index contributed by atoms with van der Waals surface area (Å²) in [4.78, 5) is 2.00. The van der Waals surface area contributed by atoms with Crippen molar-refractivity contribution >= 4 is 5.69 Å². The van der Waals surface area contributed by atoms with E-state index in [0.717, 1.165) is 25.7 Å². The van der Waals surface area contributed by atoms with Gasteiger partial charge in [0.1, 0.15) is 0 Å². The van der Waals surface area contributed by atoms with Gasteiger partial charge in [-0.25, -0.2) is 0 Å². The summed E-state index contributed by atoms with van der Waals surface area (Å²) in [6.07, 6.45) is 1.59. The molecule has 2 nitrogen and oxygen atoms in total. The molecule has 2 rings (SSSR count). The number of nitrogens with zero attached hydrogens (tertiary/aromatic N) is 1. The Morgan fingerprint density at radius 1 is 1.19 bits per heavy atom. The van der Waals surface area contributed by atoms with Crippen LogP contribution in [0.5, 0.6) is 0 Å². The predicted octanol–water partition coefficient (Wildman–Crippen LogP) is 3.98. The largest absolute Gasteiger partial charge is 0.416 e. The molecule has 0 radical (unpaired) electrons. The van der Waals surface area contributed by atoms with Crippen molar-refractivity contribution in [3.05, 3.63) is 29.3 Å². The van der Waals surface area contributed by atoms with Crippen molar-refractivity contribution in [3.63, 3.8) is 0 Å². The molecule has 1 fully saturated rings. The second-order valence-corrected chi connectivity index (χ2v) is 5.78. The molecule has 118 valence electrons. The zero-order valence-corrected chi connectivity index (χ0v) is 12.4. The number of alkyl halides is 3. The average Bonchev–Trinajstić information content (AvgIpc) is 2.47. The van der Waals surface area contributed by atoms with Gasteiger partial charge in [0, 0.05) is 18.8 Å². The Morgan fingerprint density at radius 2 is 1.86 bits per heavy atom. The van der Waals surface area contributed by atoms with Crippen LogP contribution in [0.3, 0.4) is 0 Å². The van der Waals surface area contributed by atoms with Crippen molar-refractivity contribution in [2.75, 3.05) is 18.5 Å². The molecule has 1 aliphatic carbocycles. The average molecular weight is 300 g/mol. The van der Waals surface area contributed by atoms with Gasteiger partial charge in [0.25, 0.3) is 0 Å². The molecule has 0 bridgehead atoms. The summed E-state index contributed by atoms with van der Waals surface area (Å²) in [5.74, 6) is 0. The van der Waals surface area contributed by atoms with Crippen LogP contribution in [0, 0.1) is 0 Å². The van der Waals surface area contributed by atoms with Crippen LogP contribution < -0.4 is 10.6 Å². The van der Waals surface area contributed by atoms with Gasteiger partial charge < -0.3 is 10.6 Å². The first-order valence-corrected chi connectivity index (χ1v) is 7.56. The Labute approximate surface area is 124 Å². The van der Waals surface area contributed by atoms with Gasteiger partial charge in [-0.15, -0.1) is 0 Å². The fourth-order valence-corrected chi connectivity index (χ4v) is 3.10. The Kier molecular flexibility index (Phi) is 5.14. The smallest absolute Gasteiger partial charge is 0.372 e. The third-order valence-corrected chi connectivity index (χ3v) is 4.34. The van der Waals surface area contributed by atoms with E-state index in [2.05, 4.69) is 0 Å². The fraction of sp³-hybridized carbons (Fsp3) is 0.625. The molecule has 0 unspecified atom stereocenters. The van der Waals surface area contributed by atoms with E-state index in [1.165, 1.54) is 12.5 Å². The van der Waals surface area contributed by atoms with Gasteiger partial charge in [0.05, 0.1) is 5.56 Å². The number of rotatable bonds is 4. The zero-order chi connectivity index (χ0) is 15.5. The summed E-state index contributed by atoms with van der Waals surface area (Å²) in [5, 5.41) is 0. The van der Waals surface area contributed by atoms with Crippen molar-refractivity contribution in [1.29, 1.82) is 0 Å². The van der Waals surface area contributed by atoms with Crippen LogP contribution in [0.25, 0.3) is 0 Å². The third kappa shape index (κ3) is 3.90.